The number of carboxylic acid groups (broad SMARTS) is 1. The van der Waals surface area contributed by atoms with E-state index in [0.29, 0.717) is 5.84 Å². The highest BCUT2D eigenvalue weighted by molar-refractivity contribution is 6.06. The molecule has 1 N–H and O–H groups in total. The van der Waals surface area contributed by atoms with Crippen LogP contribution < -0.4 is 0 Å². The maximum atomic E-state index is 12.5. The zero-order valence-corrected chi connectivity index (χ0v) is 12.2. The van der Waals surface area contributed by atoms with Crippen molar-refractivity contribution in [3.05, 3.63) is 12.4 Å². The molecular formula is C12H17N5O4. The van der Waals surface area contributed by atoms with Crippen LogP contribution in [0.3, 0.4) is 0 Å². The van der Waals surface area contributed by atoms with E-state index in [2.05, 4.69) is 15.3 Å². The maximum absolute atomic E-state index is 12.5. The summed E-state index contributed by atoms with van der Waals surface area (Å²) in [5.41, 5.74) is -1.99. The van der Waals surface area contributed by atoms with Crippen molar-refractivity contribution >= 4 is 17.7 Å². The van der Waals surface area contributed by atoms with Crippen molar-refractivity contribution in [2.24, 2.45) is 10.9 Å². The van der Waals surface area contributed by atoms with E-state index in [0.717, 1.165) is 4.68 Å². The number of hydrogen-bond acceptors (Lipinski definition) is 6. The normalized spacial score (nSPS) is 26.1. The number of carbonyl (C=O) groups is 2. The molecule has 2 atom stereocenters. The van der Waals surface area contributed by atoms with Gasteiger partial charge in [-0.05, 0) is 0 Å². The molecule has 1 amide bonds. The molecule has 114 valence electrons. The van der Waals surface area contributed by atoms with Gasteiger partial charge in [-0.1, -0.05) is 19.1 Å². The summed E-state index contributed by atoms with van der Waals surface area (Å²) in [5.74, 6) is -1.61. The molecule has 0 saturated heterocycles. The van der Waals surface area contributed by atoms with E-state index in [-0.39, 0.29) is 5.92 Å². The average molecular weight is 295 g/mol. The molecule has 9 heteroatoms. The Kier molecular flexibility index (Phi) is 3.77. The fraction of sp³-hybridized carbons (Fsp3) is 0.583. The number of aliphatic imine (C=N–C) groups is 1. The minimum atomic E-state index is -1.99. The smallest absolute Gasteiger partial charge is 0.358 e. The number of methoxy groups -OCH3 is 1. The van der Waals surface area contributed by atoms with Gasteiger partial charge in [-0.3, -0.25) is 4.79 Å². The molecule has 0 aromatic carbocycles. The van der Waals surface area contributed by atoms with E-state index in [1.807, 2.05) is 13.8 Å². The largest absolute Gasteiger partial charge is 0.478 e. The van der Waals surface area contributed by atoms with Crippen molar-refractivity contribution in [1.29, 1.82) is 0 Å². The summed E-state index contributed by atoms with van der Waals surface area (Å²) >= 11 is 0. The van der Waals surface area contributed by atoms with Gasteiger partial charge in [-0.2, -0.15) is 0 Å². The Balaban J connectivity index is 2.75. The number of amides is 1. The number of hydrogen-bond donors (Lipinski definition) is 1. The number of carbonyl (C=O) groups excluding carboxylic acids is 1. The van der Waals surface area contributed by atoms with Crippen LogP contribution >= 0.6 is 0 Å². The molecule has 2 unspecified atom stereocenters. The van der Waals surface area contributed by atoms with Gasteiger partial charge in [-0.25, -0.2) is 14.5 Å². The van der Waals surface area contributed by atoms with Gasteiger partial charge in [0.1, 0.15) is 5.84 Å². The van der Waals surface area contributed by atoms with E-state index in [1.54, 1.807) is 7.05 Å². The molecule has 0 saturated carbocycles. The second kappa shape index (κ2) is 5.24. The number of amidine groups is 1. The van der Waals surface area contributed by atoms with Crippen molar-refractivity contribution < 1.29 is 19.4 Å². The minimum absolute atomic E-state index is 0.140. The third-order valence-electron chi connectivity index (χ3n) is 3.39. The average Bonchev–Trinajstić information content (AvgIpc) is 2.95. The zero-order chi connectivity index (χ0) is 15.8. The molecule has 9 nitrogen and oxygen atoms in total. The number of likely N-dealkylation sites (N-methyl/N-ethyl adjacent to an activating group) is 1. The first kappa shape index (κ1) is 15.1. The van der Waals surface area contributed by atoms with Crippen LogP contribution in [0.5, 0.6) is 0 Å². The van der Waals surface area contributed by atoms with Gasteiger partial charge in [0.25, 0.3) is 11.6 Å². The van der Waals surface area contributed by atoms with Gasteiger partial charge in [0.05, 0.1) is 6.20 Å². The maximum Gasteiger partial charge on any atom is 0.358 e. The first-order chi connectivity index (χ1) is 9.86. The Morgan fingerprint density at radius 1 is 1.52 bits per heavy atom. The standard InChI is InChI=1S/C12H17N5O4/c1-7(2)9-14-12(11(19)20,17-6-5-13-15-17)8(21-4)10(18)16(9)3/h5-8H,1-4H3,(H,19,20). The molecule has 0 aliphatic carbocycles. The number of rotatable bonds is 4. The lowest BCUT2D eigenvalue weighted by molar-refractivity contribution is -0.167. The van der Waals surface area contributed by atoms with Crippen LogP contribution in [0.4, 0.5) is 0 Å². The van der Waals surface area contributed by atoms with E-state index in [4.69, 9.17) is 4.74 Å². The van der Waals surface area contributed by atoms with Crippen molar-refractivity contribution in [2.75, 3.05) is 14.2 Å². The zero-order valence-electron chi connectivity index (χ0n) is 12.2. The molecule has 21 heavy (non-hydrogen) atoms. The number of ether oxygens (including phenoxy) is 1. The molecule has 2 rings (SSSR count). The predicted molar refractivity (Wildman–Crippen MR) is 71.5 cm³/mol. The third kappa shape index (κ3) is 2.09. The Hall–Kier alpha value is -2.29. The van der Waals surface area contributed by atoms with Gasteiger partial charge in [0, 0.05) is 26.3 Å². The summed E-state index contributed by atoms with van der Waals surface area (Å²) in [6.07, 6.45) is 1.34. The van der Waals surface area contributed by atoms with Crippen molar-refractivity contribution in [3.8, 4) is 0 Å². The molecule has 0 bridgehead atoms. The van der Waals surface area contributed by atoms with Crippen LogP contribution in [0.1, 0.15) is 13.8 Å². The molecule has 2 heterocycles. The summed E-state index contributed by atoms with van der Waals surface area (Å²) in [4.78, 5) is 30.0. The molecule has 1 aromatic rings. The van der Waals surface area contributed by atoms with Crippen LogP contribution in [-0.2, 0) is 20.0 Å². The van der Waals surface area contributed by atoms with E-state index in [9.17, 15) is 14.7 Å². The highest BCUT2D eigenvalue weighted by Gasteiger charge is 2.57. The number of aliphatic carboxylic acids is 1. The highest BCUT2D eigenvalue weighted by atomic mass is 16.5. The summed E-state index contributed by atoms with van der Waals surface area (Å²) in [5, 5.41) is 17.0. The number of carboxylic acids is 1. The van der Waals surface area contributed by atoms with Crippen LogP contribution in [-0.4, -0.2) is 63.0 Å². The summed E-state index contributed by atoms with van der Waals surface area (Å²) < 4.78 is 6.17. The van der Waals surface area contributed by atoms with Gasteiger partial charge >= 0.3 is 5.97 Å². The minimum Gasteiger partial charge on any atom is -0.478 e. The van der Waals surface area contributed by atoms with E-state index < -0.39 is 23.6 Å². The van der Waals surface area contributed by atoms with Crippen molar-refractivity contribution in [2.45, 2.75) is 25.6 Å². The molecule has 0 spiro atoms. The van der Waals surface area contributed by atoms with Gasteiger partial charge in [-0.15, -0.1) is 5.10 Å². The van der Waals surface area contributed by atoms with Gasteiger partial charge in [0.2, 0.25) is 0 Å². The number of nitrogens with zero attached hydrogens (tertiary/aromatic N) is 5. The molecular weight excluding hydrogens is 278 g/mol. The van der Waals surface area contributed by atoms with E-state index in [1.165, 1.54) is 24.4 Å². The summed E-state index contributed by atoms with van der Waals surface area (Å²) in [6, 6.07) is 0. The van der Waals surface area contributed by atoms with Crippen LogP contribution in [0.25, 0.3) is 0 Å². The first-order valence-electron chi connectivity index (χ1n) is 6.36. The lowest BCUT2D eigenvalue weighted by atomic mass is 9.97. The van der Waals surface area contributed by atoms with Crippen LogP contribution in [0.15, 0.2) is 17.4 Å². The SMILES string of the molecule is COC1C(=O)N(C)C(C(C)C)=NC1(C(=O)O)n1ccnn1. The first-order valence-corrected chi connectivity index (χ1v) is 6.36. The molecule has 1 aromatic heterocycles. The molecule has 0 radical (unpaired) electrons. The number of aromatic nitrogens is 3. The fourth-order valence-electron chi connectivity index (χ4n) is 2.37. The quantitative estimate of drug-likeness (QED) is 0.806. The second-order valence-electron chi connectivity index (χ2n) is 5.02. The van der Waals surface area contributed by atoms with Crippen LogP contribution in [0.2, 0.25) is 0 Å². The Labute approximate surface area is 121 Å². The predicted octanol–water partition coefficient (Wildman–Crippen LogP) is -0.443. The lowest BCUT2D eigenvalue weighted by Gasteiger charge is -2.40. The Bertz CT molecular complexity index is 582. The summed E-state index contributed by atoms with van der Waals surface area (Å²) in [7, 11) is 2.81. The Morgan fingerprint density at radius 2 is 2.19 bits per heavy atom. The third-order valence-corrected chi connectivity index (χ3v) is 3.39. The lowest BCUT2D eigenvalue weighted by Crippen LogP contribution is -2.63. The Morgan fingerprint density at radius 3 is 2.62 bits per heavy atom. The second-order valence-corrected chi connectivity index (χ2v) is 5.02. The van der Waals surface area contributed by atoms with Crippen molar-refractivity contribution in [1.82, 2.24) is 19.9 Å². The topological polar surface area (TPSA) is 110 Å². The fourth-order valence-corrected chi connectivity index (χ4v) is 2.37. The van der Waals surface area contributed by atoms with E-state index >= 15 is 0 Å². The van der Waals surface area contributed by atoms with Crippen LogP contribution in [0, 0.1) is 5.92 Å². The van der Waals surface area contributed by atoms with Crippen molar-refractivity contribution in [3.63, 3.8) is 0 Å². The highest BCUT2D eigenvalue weighted by Crippen LogP contribution is 2.31. The van der Waals surface area contributed by atoms with Gasteiger partial charge < -0.3 is 14.7 Å². The molecule has 1 aliphatic heterocycles. The monoisotopic (exact) mass is 295 g/mol. The van der Waals surface area contributed by atoms with Gasteiger partial charge in [0.15, 0.2) is 6.10 Å². The molecule has 0 fully saturated rings. The molecule has 1 aliphatic rings. The summed E-state index contributed by atoms with van der Waals surface area (Å²) in [6.45, 7) is 3.65.